The number of benzene rings is 4. The molecule has 4 aromatic rings. The average Bonchev–Trinajstić information content (AvgIpc) is 3.32. The standard InChI is InChI=1S/C36H34N2O7S/c1-23(39)37-26-16-18-27(19-17-26)46-36-31(38-34(41)28-14-8-9-15-29(28)35(38)42)33(44-21-25-12-6-3-7-13-25)32(40)30(45-36)22-43-20-24-10-4-2-5-11-24/h2-19,30-33,36,40H,20-22H2,1H3,(H,37,39)/t30-,31-,32-,33-,36+/m1/s1. The minimum atomic E-state index is -1.23. The summed E-state index contributed by atoms with van der Waals surface area (Å²) in [6, 6.07) is 32.0. The summed E-state index contributed by atoms with van der Waals surface area (Å²) in [5.41, 5.74) is 2.23. The number of hydrogen-bond donors (Lipinski definition) is 2. The lowest BCUT2D eigenvalue weighted by Crippen LogP contribution is -2.65. The average molecular weight is 639 g/mol. The van der Waals surface area contributed by atoms with Crippen molar-refractivity contribution in [2.24, 2.45) is 0 Å². The topological polar surface area (TPSA) is 114 Å². The number of anilines is 1. The molecular weight excluding hydrogens is 604 g/mol. The number of ether oxygens (including phenoxy) is 3. The van der Waals surface area contributed by atoms with Crippen molar-refractivity contribution < 1.29 is 33.7 Å². The second kappa shape index (κ2) is 14.4. The number of carbonyl (C=O) groups excluding carboxylic acids is 3. The Morgan fingerprint density at radius 1 is 0.826 bits per heavy atom. The predicted octanol–water partition coefficient (Wildman–Crippen LogP) is 5.29. The first kappa shape index (κ1) is 31.7. The first-order valence-electron chi connectivity index (χ1n) is 15.0. The van der Waals surface area contributed by atoms with Gasteiger partial charge in [-0.2, -0.15) is 0 Å². The van der Waals surface area contributed by atoms with Gasteiger partial charge in [0.2, 0.25) is 5.91 Å². The molecule has 4 aromatic carbocycles. The zero-order valence-corrected chi connectivity index (χ0v) is 26.0. The highest BCUT2D eigenvalue weighted by Gasteiger charge is 2.54. The highest BCUT2D eigenvalue weighted by molar-refractivity contribution is 7.99. The van der Waals surface area contributed by atoms with Crippen LogP contribution in [-0.2, 0) is 32.2 Å². The van der Waals surface area contributed by atoms with Gasteiger partial charge in [-0.3, -0.25) is 19.3 Å². The first-order chi connectivity index (χ1) is 22.4. The maximum atomic E-state index is 13.8. The lowest BCUT2D eigenvalue weighted by Gasteiger charge is -2.47. The number of aliphatic hydroxyl groups excluding tert-OH is 1. The van der Waals surface area contributed by atoms with E-state index in [1.165, 1.54) is 23.6 Å². The van der Waals surface area contributed by atoms with E-state index < -0.39 is 41.6 Å². The molecule has 2 N–H and O–H groups in total. The van der Waals surface area contributed by atoms with Crippen LogP contribution in [0.25, 0.3) is 0 Å². The molecule has 6 rings (SSSR count). The molecule has 3 amide bonds. The number of fused-ring (bicyclic) bond motifs is 1. The summed E-state index contributed by atoms with van der Waals surface area (Å²) in [5, 5.41) is 14.6. The van der Waals surface area contributed by atoms with Crippen molar-refractivity contribution in [3.8, 4) is 0 Å². The number of carbonyl (C=O) groups is 3. The Bertz CT molecular complexity index is 1630. The second-order valence-electron chi connectivity index (χ2n) is 11.1. The summed E-state index contributed by atoms with van der Waals surface area (Å²) in [6.07, 6.45) is -3.06. The quantitative estimate of drug-likeness (QED) is 0.213. The molecule has 0 radical (unpaired) electrons. The molecule has 0 bridgehead atoms. The van der Waals surface area contributed by atoms with E-state index in [0.717, 1.165) is 16.0 Å². The molecule has 2 aliphatic rings. The number of hydrogen-bond acceptors (Lipinski definition) is 8. The Hall–Kier alpha value is -4.32. The third-order valence-electron chi connectivity index (χ3n) is 7.87. The molecule has 2 aliphatic heterocycles. The summed E-state index contributed by atoms with van der Waals surface area (Å²) in [4.78, 5) is 41.1. The van der Waals surface area contributed by atoms with Crippen LogP contribution in [0.5, 0.6) is 0 Å². The van der Waals surface area contributed by atoms with Crippen LogP contribution >= 0.6 is 11.8 Å². The zero-order chi connectivity index (χ0) is 32.0. The van der Waals surface area contributed by atoms with Crippen molar-refractivity contribution in [1.82, 2.24) is 4.90 Å². The number of thioether (sulfide) groups is 1. The summed E-state index contributed by atoms with van der Waals surface area (Å²) >= 11 is 1.30. The van der Waals surface area contributed by atoms with Crippen LogP contribution in [0.1, 0.15) is 38.8 Å². The van der Waals surface area contributed by atoms with Gasteiger partial charge in [0.15, 0.2) is 0 Å². The van der Waals surface area contributed by atoms with Crippen LogP contribution in [-0.4, -0.2) is 64.1 Å². The molecule has 0 aromatic heterocycles. The van der Waals surface area contributed by atoms with Crippen molar-refractivity contribution in [2.75, 3.05) is 11.9 Å². The Morgan fingerprint density at radius 2 is 1.39 bits per heavy atom. The predicted molar refractivity (Wildman–Crippen MR) is 173 cm³/mol. The fourth-order valence-corrected chi connectivity index (χ4v) is 6.85. The molecule has 236 valence electrons. The fourth-order valence-electron chi connectivity index (χ4n) is 5.67. The van der Waals surface area contributed by atoms with Gasteiger partial charge in [0.25, 0.3) is 11.8 Å². The maximum absolute atomic E-state index is 13.8. The number of nitrogens with one attached hydrogen (secondary N) is 1. The van der Waals surface area contributed by atoms with Crippen LogP contribution in [0.3, 0.4) is 0 Å². The monoisotopic (exact) mass is 638 g/mol. The molecule has 9 nitrogen and oxygen atoms in total. The molecule has 2 heterocycles. The van der Waals surface area contributed by atoms with Crippen molar-refractivity contribution in [1.29, 1.82) is 0 Å². The molecule has 1 fully saturated rings. The van der Waals surface area contributed by atoms with Gasteiger partial charge < -0.3 is 24.6 Å². The number of rotatable bonds is 11. The Balaban J connectivity index is 1.33. The smallest absolute Gasteiger partial charge is 0.262 e. The first-order valence-corrected chi connectivity index (χ1v) is 15.9. The highest BCUT2D eigenvalue weighted by Crippen LogP contribution is 2.40. The van der Waals surface area contributed by atoms with Gasteiger partial charge in [-0.25, -0.2) is 0 Å². The van der Waals surface area contributed by atoms with Crippen LogP contribution in [0.2, 0.25) is 0 Å². The molecule has 0 spiro atoms. The van der Waals surface area contributed by atoms with Crippen LogP contribution in [0.15, 0.2) is 114 Å². The highest BCUT2D eigenvalue weighted by atomic mass is 32.2. The van der Waals surface area contributed by atoms with Gasteiger partial charge in [-0.05, 0) is 47.5 Å². The van der Waals surface area contributed by atoms with E-state index in [2.05, 4.69) is 5.32 Å². The van der Waals surface area contributed by atoms with Gasteiger partial charge in [0.05, 0.1) is 30.9 Å². The molecule has 0 unspecified atom stereocenters. The third-order valence-corrected chi connectivity index (χ3v) is 9.04. The molecule has 0 aliphatic carbocycles. The van der Waals surface area contributed by atoms with E-state index in [0.29, 0.717) is 23.4 Å². The lowest BCUT2D eigenvalue weighted by atomic mass is 9.96. The molecular formula is C36H34N2O7S. The van der Waals surface area contributed by atoms with E-state index in [4.69, 9.17) is 14.2 Å². The van der Waals surface area contributed by atoms with Gasteiger partial charge in [-0.15, -0.1) is 0 Å². The number of imide groups is 1. The van der Waals surface area contributed by atoms with Gasteiger partial charge in [-0.1, -0.05) is 84.6 Å². The minimum Gasteiger partial charge on any atom is -0.388 e. The van der Waals surface area contributed by atoms with E-state index in [9.17, 15) is 19.5 Å². The third kappa shape index (κ3) is 7.06. The normalized spacial score (nSPS) is 22.5. The van der Waals surface area contributed by atoms with Crippen molar-refractivity contribution in [2.45, 2.75) is 54.8 Å². The summed E-state index contributed by atoms with van der Waals surface area (Å²) < 4.78 is 19.0. The molecule has 46 heavy (non-hydrogen) atoms. The molecule has 10 heteroatoms. The molecule has 5 atom stereocenters. The fraction of sp³-hybridized carbons (Fsp3) is 0.250. The number of nitrogens with zero attached hydrogens (tertiary/aromatic N) is 1. The van der Waals surface area contributed by atoms with Gasteiger partial charge >= 0.3 is 0 Å². The van der Waals surface area contributed by atoms with E-state index >= 15 is 0 Å². The molecule has 1 saturated heterocycles. The zero-order valence-electron chi connectivity index (χ0n) is 25.2. The molecule has 0 saturated carbocycles. The Kier molecular flexibility index (Phi) is 9.91. The van der Waals surface area contributed by atoms with Crippen molar-refractivity contribution in [3.63, 3.8) is 0 Å². The Morgan fingerprint density at radius 3 is 1.98 bits per heavy atom. The van der Waals surface area contributed by atoms with Crippen molar-refractivity contribution >= 4 is 35.2 Å². The minimum absolute atomic E-state index is 0.0502. The summed E-state index contributed by atoms with van der Waals surface area (Å²) in [7, 11) is 0. The van der Waals surface area contributed by atoms with Crippen LogP contribution in [0.4, 0.5) is 5.69 Å². The summed E-state index contributed by atoms with van der Waals surface area (Å²) in [6.45, 7) is 1.94. The van der Waals surface area contributed by atoms with E-state index in [1.807, 2.05) is 72.8 Å². The SMILES string of the molecule is CC(=O)Nc1ccc(S[C@@H]2O[C@H](COCc3ccccc3)[C@@H](O)[C@H](OCc3ccccc3)[C@H]2N2C(=O)c3ccccc3C2=O)cc1. The number of aliphatic hydroxyl groups is 1. The maximum Gasteiger partial charge on any atom is 0.262 e. The largest absolute Gasteiger partial charge is 0.388 e. The van der Waals surface area contributed by atoms with Gasteiger partial charge in [0.1, 0.15) is 29.8 Å². The van der Waals surface area contributed by atoms with Crippen LogP contribution < -0.4 is 5.32 Å². The second-order valence-corrected chi connectivity index (χ2v) is 12.3. The summed E-state index contributed by atoms with van der Waals surface area (Å²) in [5.74, 6) is -1.13. The van der Waals surface area contributed by atoms with Gasteiger partial charge in [0, 0.05) is 17.5 Å². The van der Waals surface area contributed by atoms with E-state index in [-0.39, 0.29) is 19.1 Å². The lowest BCUT2D eigenvalue weighted by molar-refractivity contribution is -0.205. The Labute approximate surface area is 271 Å². The van der Waals surface area contributed by atoms with Crippen LogP contribution in [0, 0.1) is 0 Å². The number of amides is 3. The van der Waals surface area contributed by atoms with E-state index in [1.54, 1.807) is 36.4 Å². The van der Waals surface area contributed by atoms with Crippen molar-refractivity contribution in [3.05, 3.63) is 131 Å².